The van der Waals surface area contributed by atoms with Crippen LogP contribution in [0.4, 0.5) is 0 Å². The molecule has 0 unspecified atom stereocenters. The van der Waals surface area contributed by atoms with Crippen molar-refractivity contribution in [2.45, 2.75) is 19.9 Å². The van der Waals surface area contributed by atoms with Crippen molar-refractivity contribution < 1.29 is 0 Å². The molecular formula is C26H25N3. The molecule has 0 saturated heterocycles. The van der Waals surface area contributed by atoms with Gasteiger partial charge in [-0.2, -0.15) is 0 Å². The second-order valence-corrected chi connectivity index (χ2v) is 7.95. The lowest BCUT2D eigenvalue weighted by atomic mass is 10.00. The van der Waals surface area contributed by atoms with Gasteiger partial charge in [0.05, 0.1) is 5.52 Å². The molecular weight excluding hydrogens is 354 g/mol. The normalized spacial score (nSPS) is 14.9. The Hall–Kier alpha value is -3.17. The number of likely N-dealkylation sites (N-methyl/N-ethyl adjacent to an activating group) is 1. The molecule has 0 fully saturated rings. The van der Waals surface area contributed by atoms with Crippen molar-refractivity contribution in [3.05, 3.63) is 101 Å². The predicted octanol–water partition coefficient (Wildman–Crippen LogP) is 5.38. The number of fused-ring (bicyclic) bond motifs is 3. The van der Waals surface area contributed by atoms with Crippen LogP contribution in [0.15, 0.2) is 73.1 Å². The molecule has 1 aliphatic rings. The van der Waals surface area contributed by atoms with Gasteiger partial charge < -0.3 is 9.47 Å². The Balaban J connectivity index is 1.78. The fourth-order valence-corrected chi connectivity index (χ4v) is 4.38. The van der Waals surface area contributed by atoms with Crippen LogP contribution in [0.5, 0.6) is 0 Å². The van der Waals surface area contributed by atoms with Gasteiger partial charge in [-0.25, -0.2) is 0 Å². The molecule has 2 aromatic heterocycles. The number of nitrogens with zero attached hydrogens (tertiary/aromatic N) is 3. The summed E-state index contributed by atoms with van der Waals surface area (Å²) in [6.45, 7) is 4.27. The minimum Gasteiger partial charge on any atom is -0.319 e. The Morgan fingerprint density at radius 3 is 2.52 bits per heavy atom. The van der Waals surface area contributed by atoms with E-state index in [2.05, 4.69) is 95.3 Å². The SMILES string of the molecule is Cc1ccc2c(c1)c1c(n2C=C(c2ccccc2)c2ccncc2)CCN(C)C1. The summed E-state index contributed by atoms with van der Waals surface area (Å²) < 4.78 is 2.43. The lowest BCUT2D eigenvalue weighted by Crippen LogP contribution is -2.26. The van der Waals surface area contributed by atoms with Crippen molar-refractivity contribution in [2.24, 2.45) is 0 Å². The molecule has 144 valence electrons. The van der Waals surface area contributed by atoms with Gasteiger partial charge in [-0.3, -0.25) is 4.98 Å². The van der Waals surface area contributed by atoms with Crippen LogP contribution in [0, 0.1) is 6.92 Å². The lowest BCUT2D eigenvalue weighted by Gasteiger charge is -2.24. The second-order valence-electron chi connectivity index (χ2n) is 7.95. The highest BCUT2D eigenvalue weighted by molar-refractivity contribution is 5.93. The van der Waals surface area contributed by atoms with E-state index in [0.29, 0.717) is 0 Å². The number of aromatic nitrogens is 2. The van der Waals surface area contributed by atoms with Gasteiger partial charge in [0, 0.05) is 54.8 Å². The lowest BCUT2D eigenvalue weighted by molar-refractivity contribution is 0.312. The highest BCUT2D eigenvalue weighted by atomic mass is 15.1. The molecule has 0 N–H and O–H groups in total. The van der Waals surface area contributed by atoms with Gasteiger partial charge in [0.2, 0.25) is 0 Å². The average molecular weight is 380 g/mol. The Morgan fingerprint density at radius 1 is 0.966 bits per heavy atom. The molecule has 0 saturated carbocycles. The highest BCUT2D eigenvalue weighted by Gasteiger charge is 2.22. The molecule has 3 heteroatoms. The monoisotopic (exact) mass is 379 g/mol. The maximum absolute atomic E-state index is 4.22. The van der Waals surface area contributed by atoms with Gasteiger partial charge >= 0.3 is 0 Å². The molecule has 0 radical (unpaired) electrons. The molecule has 2 aromatic carbocycles. The Kier molecular flexibility index (Phi) is 4.53. The standard InChI is InChI=1S/C26H25N3/c1-19-8-9-25-22(16-19)24-17-28(2)15-12-26(24)29(25)18-23(20-6-4-3-5-7-20)21-10-13-27-14-11-21/h3-11,13-14,16,18H,12,15,17H2,1-2H3. The van der Waals surface area contributed by atoms with Crippen LogP contribution in [0.3, 0.4) is 0 Å². The first kappa shape index (κ1) is 17.9. The fourth-order valence-electron chi connectivity index (χ4n) is 4.38. The molecule has 0 amide bonds. The highest BCUT2D eigenvalue weighted by Crippen LogP contribution is 2.34. The summed E-state index contributed by atoms with van der Waals surface area (Å²) in [6.07, 6.45) is 7.13. The van der Waals surface area contributed by atoms with Crippen molar-refractivity contribution in [1.29, 1.82) is 0 Å². The summed E-state index contributed by atoms with van der Waals surface area (Å²) in [5, 5.41) is 1.38. The minimum absolute atomic E-state index is 1.01. The zero-order chi connectivity index (χ0) is 19.8. The first-order chi connectivity index (χ1) is 14.2. The van der Waals surface area contributed by atoms with E-state index in [1.54, 1.807) is 0 Å². The molecule has 3 nitrogen and oxygen atoms in total. The Labute approximate surface area is 171 Å². The summed E-state index contributed by atoms with van der Waals surface area (Å²) in [4.78, 5) is 6.63. The van der Waals surface area contributed by atoms with E-state index in [9.17, 15) is 0 Å². The van der Waals surface area contributed by atoms with Crippen molar-refractivity contribution in [3.8, 4) is 0 Å². The number of benzene rings is 2. The van der Waals surface area contributed by atoms with Gasteiger partial charge in [0.25, 0.3) is 0 Å². The van der Waals surface area contributed by atoms with E-state index >= 15 is 0 Å². The van der Waals surface area contributed by atoms with Crippen molar-refractivity contribution >= 4 is 22.7 Å². The van der Waals surface area contributed by atoms with Crippen LogP contribution in [0.25, 0.3) is 22.7 Å². The minimum atomic E-state index is 1.01. The van der Waals surface area contributed by atoms with Gasteiger partial charge in [-0.15, -0.1) is 0 Å². The van der Waals surface area contributed by atoms with Gasteiger partial charge in [-0.05, 0) is 54.9 Å². The molecule has 29 heavy (non-hydrogen) atoms. The summed E-state index contributed by atoms with van der Waals surface area (Å²) in [7, 11) is 2.21. The maximum atomic E-state index is 4.22. The largest absolute Gasteiger partial charge is 0.319 e. The maximum Gasteiger partial charge on any atom is 0.0529 e. The molecule has 0 bridgehead atoms. The Morgan fingerprint density at radius 2 is 1.72 bits per heavy atom. The molecule has 3 heterocycles. The third-order valence-electron chi connectivity index (χ3n) is 5.87. The van der Waals surface area contributed by atoms with Gasteiger partial charge in [0.15, 0.2) is 0 Å². The predicted molar refractivity (Wildman–Crippen MR) is 121 cm³/mol. The van der Waals surface area contributed by atoms with E-state index in [4.69, 9.17) is 0 Å². The van der Waals surface area contributed by atoms with Crippen LogP contribution in [-0.2, 0) is 13.0 Å². The van der Waals surface area contributed by atoms with Crippen LogP contribution < -0.4 is 0 Å². The summed E-state index contributed by atoms with van der Waals surface area (Å²) in [6, 6.07) is 21.7. The van der Waals surface area contributed by atoms with Gasteiger partial charge in [-0.1, -0.05) is 42.0 Å². The van der Waals surface area contributed by atoms with Crippen molar-refractivity contribution in [2.75, 3.05) is 13.6 Å². The van der Waals surface area contributed by atoms with Crippen LogP contribution >= 0.6 is 0 Å². The van der Waals surface area contributed by atoms with E-state index in [1.807, 2.05) is 12.4 Å². The zero-order valence-corrected chi connectivity index (χ0v) is 17.0. The first-order valence-corrected chi connectivity index (χ1v) is 10.2. The molecule has 0 atom stereocenters. The fraction of sp³-hybridized carbons (Fsp3) is 0.192. The average Bonchev–Trinajstić information content (AvgIpc) is 3.05. The third-order valence-corrected chi connectivity index (χ3v) is 5.87. The molecule has 0 aliphatic carbocycles. The number of hydrogen-bond donors (Lipinski definition) is 0. The van der Waals surface area contributed by atoms with Crippen LogP contribution in [-0.4, -0.2) is 28.0 Å². The summed E-state index contributed by atoms with van der Waals surface area (Å²) >= 11 is 0. The number of hydrogen-bond acceptors (Lipinski definition) is 2. The molecule has 5 rings (SSSR count). The smallest absolute Gasteiger partial charge is 0.0529 e. The third kappa shape index (κ3) is 3.28. The van der Waals surface area contributed by atoms with Crippen molar-refractivity contribution in [3.63, 3.8) is 0 Å². The van der Waals surface area contributed by atoms with E-state index in [1.165, 1.54) is 44.4 Å². The van der Waals surface area contributed by atoms with Crippen LogP contribution in [0.2, 0.25) is 0 Å². The number of rotatable bonds is 3. The number of aryl methyl sites for hydroxylation is 1. The molecule has 4 aromatic rings. The van der Waals surface area contributed by atoms with E-state index < -0.39 is 0 Å². The van der Waals surface area contributed by atoms with Gasteiger partial charge in [0.1, 0.15) is 0 Å². The Bertz CT molecular complexity index is 1150. The molecule has 1 aliphatic heterocycles. The second kappa shape index (κ2) is 7.34. The quantitative estimate of drug-likeness (QED) is 0.477. The zero-order valence-electron chi connectivity index (χ0n) is 17.0. The summed E-state index contributed by atoms with van der Waals surface area (Å²) in [5.41, 5.74) is 9.12. The van der Waals surface area contributed by atoms with E-state index in [-0.39, 0.29) is 0 Å². The van der Waals surface area contributed by atoms with E-state index in [0.717, 1.165) is 19.5 Å². The summed E-state index contributed by atoms with van der Waals surface area (Å²) in [5.74, 6) is 0. The molecule has 0 spiro atoms. The van der Waals surface area contributed by atoms with Crippen LogP contribution in [0.1, 0.15) is 27.9 Å². The van der Waals surface area contributed by atoms with Crippen molar-refractivity contribution in [1.82, 2.24) is 14.5 Å². The number of pyridine rings is 1. The topological polar surface area (TPSA) is 21.1 Å². The first-order valence-electron chi connectivity index (χ1n) is 10.2.